The van der Waals surface area contributed by atoms with Gasteiger partial charge in [-0.25, -0.2) is 15.0 Å². The molecule has 1 aliphatic rings. The molecule has 0 saturated carbocycles. The van der Waals surface area contributed by atoms with Gasteiger partial charge in [-0.05, 0) is 11.4 Å². The molecule has 18 heavy (non-hydrogen) atoms. The molecule has 0 bridgehead atoms. The van der Waals surface area contributed by atoms with E-state index < -0.39 is 0 Å². The van der Waals surface area contributed by atoms with Gasteiger partial charge in [-0.1, -0.05) is 0 Å². The molecule has 6 heteroatoms. The lowest BCUT2D eigenvalue weighted by atomic mass is 10.3. The van der Waals surface area contributed by atoms with E-state index in [2.05, 4.69) is 29.8 Å². The summed E-state index contributed by atoms with van der Waals surface area (Å²) < 4.78 is 3.36. The van der Waals surface area contributed by atoms with Crippen molar-refractivity contribution < 1.29 is 0 Å². The molecular weight excluding hydrogens is 246 g/mol. The molecule has 4 rings (SSSR count). The number of thiophene rings is 1. The van der Waals surface area contributed by atoms with Crippen molar-refractivity contribution in [2.24, 2.45) is 0 Å². The van der Waals surface area contributed by atoms with Gasteiger partial charge in [-0.15, -0.1) is 11.3 Å². The van der Waals surface area contributed by atoms with Crippen molar-refractivity contribution in [2.75, 3.05) is 11.4 Å². The van der Waals surface area contributed by atoms with E-state index in [9.17, 15) is 0 Å². The minimum Gasteiger partial charge on any atom is -0.346 e. The monoisotopic (exact) mass is 257 g/mol. The fraction of sp³-hybridized carbons (Fsp3) is 0.250. The fourth-order valence-corrected chi connectivity index (χ4v) is 3.22. The minimum absolute atomic E-state index is 0.816. The Bertz CT molecular complexity index is 701. The first-order valence-corrected chi connectivity index (χ1v) is 6.73. The third kappa shape index (κ3) is 1.42. The summed E-state index contributed by atoms with van der Waals surface area (Å²) in [6.07, 6.45) is 5.54. The van der Waals surface area contributed by atoms with E-state index in [1.54, 1.807) is 17.7 Å². The Labute approximate surface area is 108 Å². The van der Waals surface area contributed by atoms with Crippen LogP contribution in [0.1, 0.15) is 5.82 Å². The van der Waals surface area contributed by atoms with Crippen molar-refractivity contribution in [3.8, 4) is 0 Å². The van der Waals surface area contributed by atoms with Gasteiger partial charge >= 0.3 is 0 Å². The minimum atomic E-state index is 0.816. The smallest absolute Gasteiger partial charge is 0.150 e. The zero-order valence-electron chi connectivity index (χ0n) is 9.65. The second kappa shape index (κ2) is 3.78. The van der Waals surface area contributed by atoms with Gasteiger partial charge in [0, 0.05) is 25.5 Å². The van der Waals surface area contributed by atoms with Crippen molar-refractivity contribution >= 4 is 27.4 Å². The van der Waals surface area contributed by atoms with Crippen LogP contribution in [0.4, 0.5) is 5.82 Å². The summed E-state index contributed by atoms with van der Waals surface area (Å²) in [5.74, 6) is 2.13. The number of hydrogen-bond acceptors (Lipinski definition) is 5. The Morgan fingerprint density at radius 1 is 1.17 bits per heavy atom. The summed E-state index contributed by atoms with van der Waals surface area (Å²) in [7, 11) is 0. The molecule has 90 valence electrons. The van der Waals surface area contributed by atoms with Crippen LogP contribution in [-0.2, 0) is 13.1 Å². The predicted octanol–water partition coefficient (Wildman–Crippen LogP) is 1.91. The number of fused-ring (bicyclic) bond motifs is 2. The second-order valence-corrected chi connectivity index (χ2v) is 5.21. The van der Waals surface area contributed by atoms with E-state index in [1.165, 1.54) is 0 Å². The summed E-state index contributed by atoms with van der Waals surface area (Å²) in [5, 5.41) is 2.06. The number of rotatable bonds is 1. The van der Waals surface area contributed by atoms with E-state index in [4.69, 9.17) is 0 Å². The molecule has 3 aromatic heterocycles. The zero-order valence-corrected chi connectivity index (χ0v) is 10.5. The largest absolute Gasteiger partial charge is 0.346 e. The van der Waals surface area contributed by atoms with Crippen LogP contribution in [0.25, 0.3) is 10.2 Å². The second-order valence-electron chi connectivity index (χ2n) is 4.29. The third-order valence-corrected chi connectivity index (χ3v) is 4.17. The van der Waals surface area contributed by atoms with E-state index in [0.29, 0.717) is 0 Å². The molecule has 0 unspecified atom stereocenters. The molecule has 5 nitrogen and oxygen atoms in total. The Hall–Kier alpha value is -1.95. The summed E-state index contributed by atoms with van der Waals surface area (Å²) in [6.45, 7) is 2.75. The van der Waals surface area contributed by atoms with Gasteiger partial charge in [0.25, 0.3) is 0 Å². The first kappa shape index (κ1) is 10.0. The van der Waals surface area contributed by atoms with Gasteiger partial charge in [0.1, 0.15) is 18.0 Å². The molecule has 0 N–H and O–H groups in total. The highest BCUT2D eigenvalue weighted by molar-refractivity contribution is 7.17. The molecular formula is C12H11N5S. The normalized spacial score (nSPS) is 15.0. The van der Waals surface area contributed by atoms with Gasteiger partial charge in [0.15, 0.2) is 0 Å². The van der Waals surface area contributed by atoms with Crippen molar-refractivity contribution in [2.45, 2.75) is 13.1 Å². The number of imidazole rings is 1. The van der Waals surface area contributed by atoms with Crippen molar-refractivity contribution in [3.05, 3.63) is 36.0 Å². The quantitative estimate of drug-likeness (QED) is 0.668. The maximum atomic E-state index is 4.45. The number of anilines is 1. The molecule has 0 atom stereocenters. The zero-order chi connectivity index (χ0) is 11.9. The molecule has 0 fully saturated rings. The molecule has 0 saturated heterocycles. The van der Waals surface area contributed by atoms with E-state index in [0.717, 1.165) is 41.5 Å². The van der Waals surface area contributed by atoms with Gasteiger partial charge in [0.2, 0.25) is 0 Å². The molecule has 0 spiro atoms. The lowest BCUT2D eigenvalue weighted by molar-refractivity contribution is 0.557. The van der Waals surface area contributed by atoms with Crippen LogP contribution in [0.15, 0.2) is 30.2 Å². The average Bonchev–Trinajstić information content (AvgIpc) is 3.05. The molecule has 0 radical (unpaired) electrons. The van der Waals surface area contributed by atoms with E-state index in [-0.39, 0.29) is 0 Å². The van der Waals surface area contributed by atoms with Gasteiger partial charge < -0.3 is 9.47 Å². The summed E-state index contributed by atoms with van der Waals surface area (Å²) in [4.78, 5) is 15.4. The highest BCUT2D eigenvalue weighted by Gasteiger charge is 2.20. The van der Waals surface area contributed by atoms with Crippen molar-refractivity contribution in [3.63, 3.8) is 0 Å². The Morgan fingerprint density at radius 3 is 3.17 bits per heavy atom. The van der Waals surface area contributed by atoms with Crippen molar-refractivity contribution in [1.29, 1.82) is 0 Å². The fourth-order valence-electron chi connectivity index (χ4n) is 2.36. The lowest BCUT2D eigenvalue weighted by Gasteiger charge is -2.28. The first-order valence-electron chi connectivity index (χ1n) is 5.85. The summed E-state index contributed by atoms with van der Waals surface area (Å²) in [5.41, 5.74) is 1.03. The summed E-state index contributed by atoms with van der Waals surface area (Å²) >= 11 is 1.70. The maximum absolute atomic E-state index is 4.45. The van der Waals surface area contributed by atoms with Crippen molar-refractivity contribution in [1.82, 2.24) is 19.5 Å². The van der Waals surface area contributed by atoms with Crippen LogP contribution < -0.4 is 4.90 Å². The predicted molar refractivity (Wildman–Crippen MR) is 70.7 cm³/mol. The van der Waals surface area contributed by atoms with E-state index >= 15 is 0 Å². The lowest BCUT2D eigenvalue weighted by Crippen LogP contribution is -2.34. The first-order chi connectivity index (χ1) is 8.92. The highest BCUT2D eigenvalue weighted by Crippen LogP contribution is 2.29. The van der Waals surface area contributed by atoms with Gasteiger partial charge in [0.05, 0.1) is 16.8 Å². The Morgan fingerprint density at radius 2 is 2.17 bits per heavy atom. The Kier molecular flexibility index (Phi) is 2.10. The number of hydrogen-bond donors (Lipinski definition) is 0. The third-order valence-electron chi connectivity index (χ3n) is 3.27. The summed E-state index contributed by atoms with van der Waals surface area (Å²) in [6, 6.07) is 2.04. The molecule has 4 heterocycles. The average molecular weight is 257 g/mol. The van der Waals surface area contributed by atoms with Crippen LogP contribution in [-0.4, -0.2) is 26.1 Å². The topological polar surface area (TPSA) is 46.8 Å². The molecule has 0 aliphatic carbocycles. The van der Waals surface area contributed by atoms with Gasteiger partial charge in [-0.3, -0.25) is 0 Å². The van der Waals surface area contributed by atoms with Crippen LogP contribution in [0.2, 0.25) is 0 Å². The molecule has 1 aliphatic heterocycles. The molecule has 3 aromatic rings. The number of aromatic nitrogens is 4. The molecule has 0 amide bonds. The van der Waals surface area contributed by atoms with E-state index in [1.807, 2.05) is 18.5 Å². The van der Waals surface area contributed by atoms with Crippen LogP contribution in [0.5, 0.6) is 0 Å². The SMILES string of the molecule is c1cn2c(n1)CN(c1ncnc3ccsc13)CC2. The standard InChI is InChI=1S/C12H11N5S/c1-6-18-11-9(1)14-8-15-12(11)17-5-4-16-3-2-13-10(16)7-17/h1-3,6,8H,4-5,7H2. The highest BCUT2D eigenvalue weighted by atomic mass is 32.1. The molecule has 0 aromatic carbocycles. The van der Waals surface area contributed by atoms with Crippen LogP contribution >= 0.6 is 11.3 Å². The maximum Gasteiger partial charge on any atom is 0.150 e. The van der Waals surface area contributed by atoms with Crippen LogP contribution in [0.3, 0.4) is 0 Å². The van der Waals surface area contributed by atoms with Crippen LogP contribution in [0, 0.1) is 0 Å². The van der Waals surface area contributed by atoms with Gasteiger partial charge in [-0.2, -0.15) is 0 Å². The Balaban J connectivity index is 1.78. The number of nitrogens with zero attached hydrogens (tertiary/aromatic N) is 5.